The summed E-state index contributed by atoms with van der Waals surface area (Å²) in [4.78, 5) is 9.13. The maximum absolute atomic E-state index is 2.28. The standard InChI is InChI=1S/2C36H28N2.6C2H6/c2*1-5-13-31(14-6-1)37(32-15-7-2-8-16-32)35-25-21-29(22-26-35)30-23-27-36(28-24-30)38(33-17-9-3-10-18-33)34-19-11-4-12-20-34;6*1-2/h2*1-28H;6*1-2H3. The van der Waals surface area contributed by atoms with Crippen LogP contribution in [0, 0.1) is 0 Å². The van der Waals surface area contributed by atoms with Crippen LogP contribution in [0.1, 0.15) is 83.1 Å². The number of rotatable bonds is 14. The quantitative estimate of drug-likeness (QED) is 0.108. The minimum atomic E-state index is 1.13. The van der Waals surface area contributed by atoms with Crippen LogP contribution >= 0.6 is 0 Å². The number of hydrogen-bond acceptors (Lipinski definition) is 4. The Labute approximate surface area is 530 Å². The molecule has 0 atom stereocenters. The van der Waals surface area contributed by atoms with Crippen molar-refractivity contribution in [2.75, 3.05) is 19.6 Å². The Hall–Kier alpha value is -10.2. The van der Waals surface area contributed by atoms with Crippen LogP contribution < -0.4 is 19.6 Å². The van der Waals surface area contributed by atoms with Crippen LogP contribution in [-0.2, 0) is 0 Å². The molecular formula is C84H92N4. The van der Waals surface area contributed by atoms with Crippen LogP contribution in [-0.4, -0.2) is 0 Å². The largest absolute Gasteiger partial charge is 0.311 e. The molecule has 0 heterocycles. The van der Waals surface area contributed by atoms with E-state index < -0.39 is 0 Å². The molecule has 0 aromatic heterocycles. The van der Waals surface area contributed by atoms with Gasteiger partial charge in [-0.2, -0.15) is 0 Å². The lowest BCUT2D eigenvalue weighted by molar-refractivity contribution is 1.28. The minimum absolute atomic E-state index is 1.13. The Balaban J connectivity index is 0.000000274. The molecule has 0 aliphatic carbocycles. The van der Waals surface area contributed by atoms with Crippen molar-refractivity contribution >= 4 is 68.2 Å². The molecule has 0 aliphatic rings. The van der Waals surface area contributed by atoms with Gasteiger partial charge in [-0.1, -0.05) is 277 Å². The number of benzene rings is 12. The summed E-state index contributed by atoms with van der Waals surface area (Å²) in [6, 6.07) is 119. The lowest BCUT2D eigenvalue weighted by atomic mass is 10.0. The van der Waals surface area contributed by atoms with Crippen molar-refractivity contribution in [3.63, 3.8) is 0 Å². The van der Waals surface area contributed by atoms with Crippen molar-refractivity contribution in [3.8, 4) is 22.3 Å². The third kappa shape index (κ3) is 18.9. The highest BCUT2D eigenvalue weighted by molar-refractivity contribution is 5.83. The highest BCUT2D eigenvalue weighted by Crippen LogP contribution is 2.40. The number of anilines is 12. The predicted molar refractivity (Wildman–Crippen MR) is 391 cm³/mol. The van der Waals surface area contributed by atoms with Crippen LogP contribution in [0.15, 0.2) is 340 Å². The molecule has 12 aromatic rings. The summed E-state index contributed by atoms with van der Waals surface area (Å²) in [6.45, 7) is 24.0. The van der Waals surface area contributed by atoms with Crippen LogP contribution in [0.4, 0.5) is 68.2 Å². The third-order valence-corrected chi connectivity index (χ3v) is 13.3. The van der Waals surface area contributed by atoms with E-state index in [1.165, 1.54) is 22.3 Å². The van der Waals surface area contributed by atoms with E-state index in [4.69, 9.17) is 0 Å². The zero-order valence-corrected chi connectivity index (χ0v) is 54.1. The Kier molecular flexibility index (Phi) is 30.8. The second-order valence-electron chi connectivity index (χ2n) is 18.2. The second kappa shape index (κ2) is 39.5. The Morgan fingerprint density at radius 1 is 0.114 bits per heavy atom. The summed E-state index contributed by atoms with van der Waals surface area (Å²) in [6.07, 6.45) is 0. The topological polar surface area (TPSA) is 13.0 Å². The monoisotopic (exact) mass is 1160 g/mol. The zero-order valence-electron chi connectivity index (χ0n) is 54.1. The molecular weight excluding hydrogens is 1060 g/mol. The van der Waals surface area contributed by atoms with Gasteiger partial charge in [0.1, 0.15) is 0 Å². The summed E-state index contributed by atoms with van der Waals surface area (Å²) >= 11 is 0. The van der Waals surface area contributed by atoms with Crippen LogP contribution in [0.25, 0.3) is 22.3 Å². The zero-order chi connectivity index (χ0) is 63.1. The Morgan fingerprint density at radius 3 is 0.307 bits per heavy atom. The summed E-state index contributed by atoms with van der Waals surface area (Å²) in [5, 5.41) is 0. The molecule has 4 nitrogen and oxygen atoms in total. The van der Waals surface area contributed by atoms with Crippen molar-refractivity contribution in [2.24, 2.45) is 0 Å². The van der Waals surface area contributed by atoms with E-state index in [1.54, 1.807) is 0 Å². The molecule has 12 rings (SSSR count). The molecule has 0 saturated carbocycles. The first-order valence-electron chi connectivity index (χ1n) is 31.8. The van der Waals surface area contributed by atoms with E-state index in [1.807, 2.05) is 83.1 Å². The van der Waals surface area contributed by atoms with Crippen molar-refractivity contribution in [1.29, 1.82) is 0 Å². The molecule has 0 amide bonds. The van der Waals surface area contributed by atoms with E-state index >= 15 is 0 Å². The van der Waals surface area contributed by atoms with Crippen LogP contribution in [0.2, 0.25) is 0 Å². The fraction of sp³-hybridized carbons (Fsp3) is 0.143. The van der Waals surface area contributed by atoms with Gasteiger partial charge < -0.3 is 19.6 Å². The first-order chi connectivity index (χ1) is 43.7. The first kappa shape index (κ1) is 68.6. The Bertz CT molecular complexity index is 2970. The molecule has 0 N–H and O–H groups in total. The van der Waals surface area contributed by atoms with Crippen molar-refractivity contribution in [1.82, 2.24) is 0 Å². The summed E-state index contributed by atoms with van der Waals surface area (Å²) in [5.41, 5.74) is 18.4. The molecule has 0 saturated heterocycles. The number of para-hydroxylation sites is 8. The van der Waals surface area contributed by atoms with Gasteiger partial charge in [0.25, 0.3) is 0 Å². The fourth-order valence-corrected chi connectivity index (χ4v) is 9.62. The maximum Gasteiger partial charge on any atom is 0.0462 e. The molecule has 0 aliphatic heterocycles. The van der Waals surface area contributed by atoms with Crippen molar-refractivity contribution < 1.29 is 0 Å². The van der Waals surface area contributed by atoms with E-state index in [0.29, 0.717) is 0 Å². The summed E-state index contributed by atoms with van der Waals surface area (Å²) < 4.78 is 0. The van der Waals surface area contributed by atoms with Crippen molar-refractivity contribution in [2.45, 2.75) is 83.1 Å². The van der Waals surface area contributed by atoms with Gasteiger partial charge in [0, 0.05) is 68.2 Å². The number of hydrogen-bond donors (Lipinski definition) is 0. The molecule has 448 valence electrons. The molecule has 0 radical (unpaired) electrons. The maximum atomic E-state index is 2.28. The normalized spacial score (nSPS) is 9.59. The highest BCUT2D eigenvalue weighted by atomic mass is 15.2. The van der Waals surface area contributed by atoms with Gasteiger partial charge in [0.2, 0.25) is 0 Å². The SMILES string of the molecule is CC.CC.CC.CC.CC.CC.c1ccc(N(c2ccccc2)c2ccc(-c3ccc(N(c4ccccc4)c4ccccc4)cc3)cc2)cc1.c1ccc(N(c2ccccc2)c2ccc(-c3ccc(N(c4ccccc4)c4ccccc4)cc3)cc2)cc1. The average molecular weight is 1160 g/mol. The van der Waals surface area contributed by atoms with Crippen molar-refractivity contribution in [3.05, 3.63) is 340 Å². The predicted octanol–water partition coefficient (Wildman–Crippen LogP) is 26.7. The smallest absolute Gasteiger partial charge is 0.0462 e. The van der Waals surface area contributed by atoms with Gasteiger partial charge in [0.05, 0.1) is 0 Å². The van der Waals surface area contributed by atoms with E-state index in [-0.39, 0.29) is 0 Å². The molecule has 0 fully saturated rings. The summed E-state index contributed by atoms with van der Waals surface area (Å²) in [7, 11) is 0. The van der Waals surface area contributed by atoms with Gasteiger partial charge in [-0.05, 0) is 168 Å². The molecule has 0 spiro atoms. The first-order valence-corrected chi connectivity index (χ1v) is 31.8. The van der Waals surface area contributed by atoms with Gasteiger partial charge >= 0.3 is 0 Å². The molecule has 12 aromatic carbocycles. The van der Waals surface area contributed by atoms with Gasteiger partial charge in [-0.25, -0.2) is 0 Å². The molecule has 4 heteroatoms. The van der Waals surface area contributed by atoms with Gasteiger partial charge in [-0.15, -0.1) is 0 Å². The van der Waals surface area contributed by atoms with E-state index in [0.717, 1.165) is 68.2 Å². The average Bonchev–Trinajstić information content (AvgIpc) is 3.19. The Morgan fingerprint density at radius 2 is 0.205 bits per heavy atom. The molecule has 0 unspecified atom stereocenters. The van der Waals surface area contributed by atoms with E-state index in [9.17, 15) is 0 Å². The van der Waals surface area contributed by atoms with Gasteiger partial charge in [0.15, 0.2) is 0 Å². The fourth-order valence-electron chi connectivity index (χ4n) is 9.62. The van der Waals surface area contributed by atoms with E-state index in [2.05, 4.69) is 359 Å². The number of nitrogens with zero attached hydrogens (tertiary/aromatic N) is 4. The lowest BCUT2D eigenvalue weighted by Crippen LogP contribution is -2.09. The second-order valence-corrected chi connectivity index (χ2v) is 18.2. The lowest BCUT2D eigenvalue weighted by Gasteiger charge is -2.26. The summed E-state index contributed by atoms with van der Waals surface area (Å²) in [5.74, 6) is 0. The molecule has 88 heavy (non-hydrogen) atoms. The highest BCUT2D eigenvalue weighted by Gasteiger charge is 2.17. The third-order valence-electron chi connectivity index (χ3n) is 13.3. The molecule has 0 bridgehead atoms. The minimum Gasteiger partial charge on any atom is -0.311 e. The van der Waals surface area contributed by atoms with Crippen LogP contribution in [0.5, 0.6) is 0 Å². The van der Waals surface area contributed by atoms with Crippen LogP contribution in [0.3, 0.4) is 0 Å². The van der Waals surface area contributed by atoms with Gasteiger partial charge in [-0.3, -0.25) is 0 Å².